The van der Waals surface area contributed by atoms with Gasteiger partial charge in [0.1, 0.15) is 0 Å². The van der Waals surface area contributed by atoms with Crippen LogP contribution in [0.4, 0.5) is 13.2 Å². The molecule has 0 radical (unpaired) electrons. The van der Waals surface area contributed by atoms with Crippen molar-refractivity contribution in [2.24, 2.45) is 0 Å². The molecule has 0 bridgehead atoms. The van der Waals surface area contributed by atoms with E-state index in [1.807, 2.05) is 28.8 Å². The molecule has 4 rings (SSSR count). The molecule has 31 heavy (non-hydrogen) atoms. The number of rotatable bonds is 5. The van der Waals surface area contributed by atoms with Crippen molar-refractivity contribution in [3.05, 3.63) is 94.0 Å². The molecule has 4 aromatic rings. The fraction of sp³-hybridized carbons (Fsp3) is 0.0909. The van der Waals surface area contributed by atoms with Gasteiger partial charge >= 0.3 is 6.18 Å². The van der Waals surface area contributed by atoms with Crippen molar-refractivity contribution >= 4 is 35.0 Å². The lowest BCUT2D eigenvalue weighted by Crippen LogP contribution is -2.05. The van der Waals surface area contributed by atoms with Crippen LogP contribution in [0.3, 0.4) is 0 Å². The van der Waals surface area contributed by atoms with Crippen LogP contribution in [0, 0.1) is 0 Å². The number of benzene rings is 3. The van der Waals surface area contributed by atoms with Crippen molar-refractivity contribution in [2.45, 2.75) is 17.1 Å². The van der Waals surface area contributed by atoms with Crippen LogP contribution in [0.25, 0.3) is 17.1 Å². The van der Waals surface area contributed by atoms with Crippen molar-refractivity contribution in [1.29, 1.82) is 0 Å². The first-order valence-corrected chi connectivity index (χ1v) is 10.8. The summed E-state index contributed by atoms with van der Waals surface area (Å²) in [5.74, 6) is 0.890. The second kappa shape index (κ2) is 8.94. The van der Waals surface area contributed by atoms with Gasteiger partial charge in [0.05, 0.1) is 5.56 Å². The van der Waals surface area contributed by atoms with Gasteiger partial charge in [0.15, 0.2) is 11.0 Å². The lowest BCUT2D eigenvalue weighted by molar-refractivity contribution is -0.137. The van der Waals surface area contributed by atoms with Crippen LogP contribution in [0.5, 0.6) is 0 Å². The molecule has 3 nitrogen and oxygen atoms in total. The van der Waals surface area contributed by atoms with Gasteiger partial charge in [-0.15, -0.1) is 10.2 Å². The van der Waals surface area contributed by atoms with E-state index in [0.29, 0.717) is 32.3 Å². The van der Waals surface area contributed by atoms with Gasteiger partial charge in [-0.2, -0.15) is 13.2 Å². The van der Waals surface area contributed by atoms with Crippen molar-refractivity contribution in [2.75, 3.05) is 0 Å². The topological polar surface area (TPSA) is 30.7 Å². The zero-order valence-electron chi connectivity index (χ0n) is 15.8. The first-order valence-electron chi connectivity index (χ1n) is 9.07. The molecule has 3 aromatic carbocycles. The smallest absolute Gasteiger partial charge is 0.270 e. The molecule has 158 valence electrons. The van der Waals surface area contributed by atoms with Gasteiger partial charge in [-0.3, -0.25) is 4.57 Å². The summed E-state index contributed by atoms with van der Waals surface area (Å²) in [7, 11) is 0. The Balaban J connectivity index is 1.69. The molecular weight excluding hydrogens is 466 g/mol. The second-order valence-electron chi connectivity index (χ2n) is 6.61. The van der Waals surface area contributed by atoms with Crippen LogP contribution in [-0.2, 0) is 11.9 Å². The van der Waals surface area contributed by atoms with Gasteiger partial charge in [-0.1, -0.05) is 53.2 Å². The van der Waals surface area contributed by atoms with E-state index in [9.17, 15) is 13.2 Å². The van der Waals surface area contributed by atoms with E-state index < -0.39 is 11.7 Å². The minimum atomic E-state index is -4.38. The average Bonchev–Trinajstić information content (AvgIpc) is 3.17. The Kier molecular flexibility index (Phi) is 6.27. The first kappa shape index (κ1) is 21.7. The number of nitrogens with zero attached hydrogens (tertiary/aromatic N) is 3. The number of aromatic nitrogens is 3. The monoisotopic (exact) mass is 479 g/mol. The third-order valence-corrected chi connectivity index (χ3v) is 5.95. The van der Waals surface area contributed by atoms with Crippen LogP contribution in [0.2, 0.25) is 10.0 Å². The lowest BCUT2D eigenvalue weighted by atomic mass is 10.1. The number of thioether (sulfide) groups is 1. The molecule has 0 saturated heterocycles. The van der Waals surface area contributed by atoms with Crippen LogP contribution >= 0.6 is 35.0 Å². The largest absolute Gasteiger partial charge is 0.416 e. The standard InChI is InChI=1S/C22H14Cl2F3N3S/c23-17-6-4-15(5-7-17)20-28-29-21(30(20)19-10-8-18(24)9-11-19)31-13-14-2-1-3-16(12-14)22(25,26)27/h1-12H,13H2. The van der Waals surface area contributed by atoms with Gasteiger partial charge in [0, 0.05) is 27.0 Å². The maximum absolute atomic E-state index is 13.0. The van der Waals surface area contributed by atoms with Crippen molar-refractivity contribution in [1.82, 2.24) is 14.8 Å². The highest BCUT2D eigenvalue weighted by molar-refractivity contribution is 7.98. The van der Waals surface area contributed by atoms with E-state index in [1.54, 1.807) is 30.3 Å². The Bertz CT molecular complexity index is 1190. The summed E-state index contributed by atoms with van der Waals surface area (Å²) in [6, 6.07) is 19.6. The molecule has 9 heteroatoms. The molecule has 0 unspecified atom stereocenters. The van der Waals surface area contributed by atoms with Gasteiger partial charge < -0.3 is 0 Å². The number of hydrogen-bond acceptors (Lipinski definition) is 3. The fourth-order valence-corrected chi connectivity index (χ4v) is 4.10. The van der Waals surface area contributed by atoms with Crippen LogP contribution < -0.4 is 0 Å². The van der Waals surface area contributed by atoms with E-state index in [1.165, 1.54) is 17.8 Å². The highest BCUT2D eigenvalue weighted by Crippen LogP contribution is 2.33. The highest BCUT2D eigenvalue weighted by atomic mass is 35.5. The van der Waals surface area contributed by atoms with Crippen LogP contribution in [0.1, 0.15) is 11.1 Å². The number of alkyl halides is 3. The fourth-order valence-electron chi connectivity index (χ4n) is 2.96. The van der Waals surface area contributed by atoms with Gasteiger partial charge in [0.25, 0.3) is 0 Å². The molecule has 0 aliphatic rings. The van der Waals surface area contributed by atoms with E-state index in [-0.39, 0.29) is 0 Å². The molecule has 1 heterocycles. The van der Waals surface area contributed by atoms with Crippen LogP contribution in [0.15, 0.2) is 78.0 Å². The number of halogens is 5. The molecule has 0 amide bonds. The molecule has 0 aliphatic heterocycles. The molecule has 0 saturated carbocycles. The highest BCUT2D eigenvalue weighted by Gasteiger charge is 2.30. The van der Waals surface area contributed by atoms with Crippen LogP contribution in [-0.4, -0.2) is 14.8 Å². The summed E-state index contributed by atoms with van der Waals surface area (Å²) in [4.78, 5) is 0. The zero-order valence-corrected chi connectivity index (χ0v) is 18.1. The van der Waals surface area contributed by atoms with Crippen molar-refractivity contribution in [3.63, 3.8) is 0 Å². The quantitative estimate of drug-likeness (QED) is 0.276. The zero-order chi connectivity index (χ0) is 22.0. The van der Waals surface area contributed by atoms with E-state index in [0.717, 1.165) is 23.4 Å². The Hall–Kier alpha value is -2.48. The third kappa shape index (κ3) is 5.06. The van der Waals surface area contributed by atoms with Gasteiger partial charge in [-0.05, 0) is 60.2 Å². The molecule has 0 atom stereocenters. The summed E-state index contributed by atoms with van der Waals surface area (Å²) >= 11 is 13.3. The minimum Gasteiger partial charge on any atom is -0.270 e. The van der Waals surface area contributed by atoms with E-state index in [4.69, 9.17) is 23.2 Å². The predicted molar refractivity (Wildman–Crippen MR) is 118 cm³/mol. The lowest BCUT2D eigenvalue weighted by Gasteiger charge is -2.11. The van der Waals surface area contributed by atoms with Gasteiger partial charge in [0.2, 0.25) is 0 Å². The molecule has 0 aliphatic carbocycles. The van der Waals surface area contributed by atoms with Crippen molar-refractivity contribution < 1.29 is 13.2 Å². The maximum Gasteiger partial charge on any atom is 0.416 e. The summed E-state index contributed by atoms with van der Waals surface area (Å²) in [6.07, 6.45) is -4.38. The van der Waals surface area contributed by atoms with E-state index in [2.05, 4.69) is 10.2 Å². The molecule has 0 fully saturated rings. The molecule has 0 N–H and O–H groups in total. The Morgan fingerprint density at radius 1 is 0.839 bits per heavy atom. The summed E-state index contributed by atoms with van der Waals surface area (Å²) < 4.78 is 40.9. The Morgan fingerprint density at radius 3 is 2.13 bits per heavy atom. The third-order valence-electron chi connectivity index (χ3n) is 4.44. The Morgan fingerprint density at radius 2 is 1.48 bits per heavy atom. The molecule has 0 spiro atoms. The maximum atomic E-state index is 13.0. The average molecular weight is 480 g/mol. The minimum absolute atomic E-state index is 0.302. The molecule has 1 aromatic heterocycles. The van der Waals surface area contributed by atoms with Gasteiger partial charge in [-0.25, -0.2) is 0 Å². The summed E-state index contributed by atoms with van der Waals surface area (Å²) in [6.45, 7) is 0. The van der Waals surface area contributed by atoms with E-state index >= 15 is 0 Å². The summed E-state index contributed by atoms with van der Waals surface area (Å²) in [5.41, 5.74) is 1.45. The summed E-state index contributed by atoms with van der Waals surface area (Å²) in [5, 5.41) is 10.3. The first-order chi connectivity index (χ1) is 14.8. The normalized spacial score (nSPS) is 11.6. The predicted octanol–water partition coefficient (Wildman–Crippen LogP) is 7.55. The second-order valence-corrected chi connectivity index (χ2v) is 8.43. The SMILES string of the molecule is FC(F)(F)c1cccc(CSc2nnc(-c3ccc(Cl)cc3)n2-c2ccc(Cl)cc2)c1. The van der Waals surface area contributed by atoms with Crippen molar-refractivity contribution in [3.8, 4) is 17.1 Å². The molecular formula is C22H14Cl2F3N3S. The number of hydrogen-bond donors (Lipinski definition) is 0. The Labute approximate surface area is 190 Å².